The van der Waals surface area contributed by atoms with Gasteiger partial charge in [0.05, 0.1) is 22.2 Å². The molecule has 0 spiro atoms. The lowest BCUT2D eigenvalue weighted by molar-refractivity contribution is 0.108. The number of methoxy groups -OCH3 is 1. The van der Waals surface area contributed by atoms with Crippen LogP contribution in [-0.4, -0.2) is 25.6 Å². The van der Waals surface area contributed by atoms with Crippen LogP contribution < -0.4 is 4.74 Å². The van der Waals surface area contributed by atoms with Crippen molar-refractivity contribution in [1.29, 1.82) is 0 Å². The molecule has 1 rings (SSSR count). The summed E-state index contributed by atoms with van der Waals surface area (Å²) < 4.78 is 10.1. The van der Waals surface area contributed by atoms with Crippen LogP contribution in [0, 0.1) is 0 Å². The minimum atomic E-state index is -0.696. The van der Waals surface area contributed by atoms with Gasteiger partial charge in [-0.25, -0.2) is 0 Å². The largest absolute Gasteiger partial charge is 0.491 e. The van der Waals surface area contributed by atoms with Crippen LogP contribution in [0.5, 0.6) is 5.75 Å². The third-order valence-corrected chi connectivity index (χ3v) is 2.55. The zero-order valence-corrected chi connectivity index (χ0v) is 10.7. The molecule has 0 fully saturated rings. The molecule has 0 aromatic heterocycles. The van der Waals surface area contributed by atoms with Crippen LogP contribution >= 0.6 is 34.8 Å². The van der Waals surface area contributed by atoms with E-state index in [0.717, 1.165) is 0 Å². The molecule has 0 aliphatic heterocycles. The van der Waals surface area contributed by atoms with Crippen molar-refractivity contribution in [2.45, 2.75) is 0 Å². The molecule has 0 N–H and O–H groups in total. The molecule has 16 heavy (non-hydrogen) atoms. The van der Waals surface area contributed by atoms with E-state index < -0.39 is 5.24 Å². The van der Waals surface area contributed by atoms with Crippen molar-refractivity contribution >= 4 is 40.0 Å². The summed E-state index contributed by atoms with van der Waals surface area (Å²) >= 11 is 17.0. The topological polar surface area (TPSA) is 35.5 Å². The Balaban J connectivity index is 2.87. The van der Waals surface area contributed by atoms with Crippen LogP contribution in [-0.2, 0) is 4.74 Å². The maximum Gasteiger partial charge on any atom is 0.255 e. The highest BCUT2D eigenvalue weighted by Crippen LogP contribution is 2.31. The van der Waals surface area contributed by atoms with Gasteiger partial charge in [-0.05, 0) is 23.7 Å². The van der Waals surface area contributed by atoms with Gasteiger partial charge in [-0.2, -0.15) is 0 Å². The lowest BCUT2D eigenvalue weighted by Crippen LogP contribution is -2.04. The quantitative estimate of drug-likeness (QED) is 0.614. The Kier molecular flexibility index (Phi) is 5.35. The van der Waals surface area contributed by atoms with Gasteiger partial charge in [0.2, 0.25) is 0 Å². The molecule has 0 radical (unpaired) electrons. The number of benzene rings is 1. The summed E-state index contributed by atoms with van der Waals surface area (Å²) in [5, 5.41) is -0.363. The average Bonchev–Trinajstić information content (AvgIpc) is 2.16. The van der Waals surface area contributed by atoms with Crippen molar-refractivity contribution < 1.29 is 14.3 Å². The Morgan fingerprint density at radius 1 is 1.25 bits per heavy atom. The van der Waals surface area contributed by atoms with Gasteiger partial charge >= 0.3 is 0 Å². The van der Waals surface area contributed by atoms with E-state index in [1.807, 2.05) is 0 Å². The van der Waals surface area contributed by atoms with Crippen molar-refractivity contribution in [3.05, 3.63) is 27.7 Å². The Bertz CT molecular complexity index is 370. The molecule has 6 heteroatoms. The molecule has 0 heterocycles. The number of ether oxygens (including phenoxy) is 2. The molecule has 1 aromatic carbocycles. The van der Waals surface area contributed by atoms with Crippen molar-refractivity contribution in [3.8, 4) is 5.75 Å². The molecule has 0 saturated heterocycles. The Labute approximate surface area is 108 Å². The molecule has 0 unspecified atom stereocenters. The SMILES string of the molecule is COCCOc1cc(Cl)c(C(=O)Cl)c(Cl)c1. The lowest BCUT2D eigenvalue weighted by Gasteiger charge is -2.08. The number of hydrogen-bond donors (Lipinski definition) is 0. The second kappa shape index (κ2) is 6.30. The number of carbonyl (C=O) groups excluding carboxylic acids is 1. The predicted octanol–water partition coefficient (Wildman–Crippen LogP) is 3.40. The van der Waals surface area contributed by atoms with Crippen LogP contribution in [0.1, 0.15) is 10.4 Å². The van der Waals surface area contributed by atoms with E-state index in [0.29, 0.717) is 19.0 Å². The van der Waals surface area contributed by atoms with Crippen LogP contribution in [0.4, 0.5) is 0 Å². The van der Waals surface area contributed by atoms with Crippen molar-refractivity contribution in [2.24, 2.45) is 0 Å². The van der Waals surface area contributed by atoms with Crippen molar-refractivity contribution in [2.75, 3.05) is 20.3 Å². The zero-order valence-electron chi connectivity index (χ0n) is 8.43. The smallest absolute Gasteiger partial charge is 0.255 e. The fourth-order valence-corrected chi connectivity index (χ4v) is 2.00. The summed E-state index contributed by atoms with van der Waals surface area (Å²) in [4.78, 5) is 11.0. The van der Waals surface area contributed by atoms with Gasteiger partial charge in [0, 0.05) is 7.11 Å². The minimum absolute atomic E-state index is 0.0871. The van der Waals surface area contributed by atoms with Gasteiger partial charge in [-0.15, -0.1) is 0 Å². The third kappa shape index (κ3) is 3.52. The molecule has 0 bridgehead atoms. The van der Waals surface area contributed by atoms with Crippen LogP contribution in [0.25, 0.3) is 0 Å². The maximum absolute atomic E-state index is 11.0. The van der Waals surface area contributed by atoms with Crippen molar-refractivity contribution in [3.63, 3.8) is 0 Å². The highest BCUT2D eigenvalue weighted by molar-refractivity contribution is 6.69. The molecule has 1 aromatic rings. The first kappa shape index (κ1) is 13.6. The fraction of sp³-hybridized carbons (Fsp3) is 0.300. The normalized spacial score (nSPS) is 10.2. The average molecular weight is 284 g/mol. The molecule has 0 saturated carbocycles. The number of hydrogen-bond acceptors (Lipinski definition) is 3. The van der Waals surface area contributed by atoms with E-state index in [1.54, 1.807) is 7.11 Å². The van der Waals surface area contributed by atoms with Gasteiger partial charge in [0.15, 0.2) is 0 Å². The minimum Gasteiger partial charge on any atom is -0.491 e. The Morgan fingerprint density at radius 3 is 2.25 bits per heavy atom. The monoisotopic (exact) mass is 282 g/mol. The second-order valence-corrected chi connectivity index (χ2v) is 4.03. The Morgan fingerprint density at radius 2 is 1.81 bits per heavy atom. The van der Waals surface area contributed by atoms with Crippen molar-refractivity contribution in [1.82, 2.24) is 0 Å². The summed E-state index contributed by atoms with van der Waals surface area (Å²) in [5.74, 6) is 0.466. The van der Waals surface area contributed by atoms with Gasteiger partial charge in [-0.3, -0.25) is 4.79 Å². The molecule has 0 atom stereocenters. The Hall–Kier alpha value is -0.480. The standard InChI is InChI=1S/C10H9Cl3O3/c1-15-2-3-16-6-4-7(11)9(10(13)14)8(12)5-6/h4-5H,2-3H2,1H3. The molecule has 3 nitrogen and oxygen atoms in total. The van der Waals surface area contributed by atoms with E-state index in [-0.39, 0.29) is 15.6 Å². The van der Waals surface area contributed by atoms with Gasteiger partial charge in [-0.1, -0.05) is 23.2 Å². The van der Waals surface area contributed by atoms with Crippen LogP contribution in [0.2, 0.25) is 10.0 Å². The van der Waals surface area contributed by atoms with Gasteiger partial charge < -0.3 is 9.47 Å². The second-order valence-electron chi connectivity index (χ2n) is 2.88. The van der Waals surface area contributed by atoms with Gasteiger partial charge in [0.25, 0.3) is 5.24 Å². The number of rotatable bonds is 5. The van der Waals surface area contributed by atoms with Crippen LogP contribution in [0.3, 0.4) is 0 Å². The lowest BCUT2D eigenvalue weighted by atomic mass is 10.2. The fourth-order valence-electron chi connectivity index (χ4n) is 1.06. The molecule has 0 aliphatic carbocycles. The van der Waals surface area contributed by atoms with E-state index in [4.69, 9.17) is 44.3 Å². The summed E-state index contributed by atoms with van der Waals surface area (Å²) in [5.41, 5.74) is 0.0871. The number of carbonyl (C=O) groups is 1. The molecular formula is C10H9Cl3O3. The van der Waals surface area contributed by atoms with E-state index in [1.165, 1.54) is 12.1 Å². The summed E-state index contributed by atoms with van der Waals surface area (Å²) in [6.07, 6.45) is 0. The van der Waals surface area contributed by atoms with Gasteiger partial charge in [0.1, 0.15) is 12.4 Å². The van der Waals surface area contributed by atoms with Crippen LogP contribution in [0.15, 0.2) is 12.1 Å². The first-order chi connectivity index (χ1) is 7.56. The first-order valence-corrected chi connectivity index (χ1v) is 5.50. The highest BCUT2D eigenvalue weighted by Gasteiger charge is 2.14. The first-order valence-electron chi connectivity index (χ1n) is 4.37. The molecular weight excluding hydrogens is 274 g/mol. The highest BCUT2D eigenvalue weighted by atomic mass is 35.5. The molecule has 0 amide bonds. The summed E-state index contributed by atoms with van der Waals surface area (Å²) in [6.45, 7) is 0.822. The molecule has 0 aliphatic rings. The van der Waals surface area contributed by atoms with E-state index in [9.17, 15) is 4.79 Å². The summed E-state index contributed by atoms with van der Waals surface area (Å²) in [7, 11) is 1.57. The number of halogens is 3. The predicted molar refractivity (Wildman–Crippen MR) is 64.0 cm³/mol. The van der Waals surface area contributed by atoms with E-state index >= 15 is 0 Å². The third-order valence-electron chi connectivity index (χ3n) is 1.77. The zero-order chi connectivity index (χ0) is 12.1. The summed E-state index contributed by atoms with van der Waals surface area (Å²) in [6, 6.07) is 2.97. The molecule has 88 valence electrons. The van der Waals surface area contributed by atoms with E-state index in [2.05, 4.69) is 0 Å². The maximum atomic E-state index is 11.0.